The van der Waals surface area contributed by atoms with Crippen molar-refractivity contribution in [1.29, 1.82) is 0 Å². The summed E-state index contributed by atoms with van der Waals surface area (Å²) in [5, 5.41) is 8.49. The zero-order chi connectivity index (χ0) is 13.2. The lowest BCUT2D eigenvalue weighted by molar-refractivity contribution is -0.137. The number of allylic oxidation sites excluding steroid dienone is 1. The van der Waals surface area contributed by atoms with Gasteiger partial charge in [-0.2, -0.15) is 0 Å². The lowest BCUT2D eigenvalue weighted by Crippen LogP contribution is -1.96. The second kappa shape index (κ2) is 8.89. The third-order valence-corrected chi connectivity index (χ3v) is 2.86. The van der Waals surface area contributed by atoms with Crippen molar-refractivity contribution in [1.82, 2.24) is 0 Å². The quantitative estimate of drug-likeness (QED) is 0.744. The molecule has 0 aliphatic rings. The fourth-order valence-electron chi connectivity index (χ4n) is 1.41. The van der Waals surface area contributed by atoms with E-state index in [0.717, 1.165) is 16.5 Å². The van der Waals surface area contributed by atoms with E-state index < -0.39 is 5.97 Å². The maximum absolute atomic E-state index is 10.3. The van der Waals surface area contributed by atoms with Gasteiger partial charge in [0.15, 0.2) is 0 Å². The van der Waals surface area contributed by atoms with Gasteiger partial charge in [-0.15, -0.1) is 0 Å². The average molecular weight is 313 g/mol. The van der Waals surface area contributed by atoms with Gasteiger partial charge in [-0.1, -0.05) is 52.3 Å². The van der Waals surface area contributed by atoms with Crippen molar-refractivity contribution < 1.29 is 14.6 Å². The van der Waals surface area contributed by atoms with Crippen molar-refractivity contribution in [2.24, 2.45) is 0 Å². The molecule has 1 aromatic rings. The van der Waals surface area contributed by atoms with Crippen LogP contribution in [0.15, 0.2) is 40.9 Å². The summed E-state index contributed by atoms with van der Waals surface area (Å²) in [7, 11) is 0. The van der Waals surface area contributed by atoms with Crippen molar-refractivity contribution in [3.8, 4) is 0 Å². The molecule has 1 aromatic carbocycles. The SMILES string of the molecule is O=C(O)CCC/C=C(\Br)COCc1ccccc1. The monoisotopic (exact) mass is 312 g/mol. The number of hydrogen-bond acceptors (Lipinski definition) is 2. The van der Waals surface area contributed by atoms with E-state index in [2.05, 4.69) is 15.9 Å². The van der Waals surface area contributed by atoms with Crippen LogP contribution in [0.2, 0.25) is 0 Å². The number of ether oxygens (including phenoxy) is 1. The van der Waals surface area contributed by atoms with Crippen LogP contribution in [-0.4, -0.2) is 17.7 Å². The van der Waals surface area contributed by atoms with Crippen molar-refractivity contribution in [3.05, 3.63) is 46.5 Å². The summed E-state index contributed by atoms with van der Waals surface area (Å²) in [6, 6.07) is 9.97. The van der Waals surface area contributed by atoms with Crippen molar-refractivity contribution in [3.63, 3.8) is 0 Å². The molecule has 0 unspecified atom stereocenters. The summed E-state index contributed by atoms with van der Waals surface area (Å²) in [5.74, 6) is -0.750. The molecule has 0 bridgehead atoms. The Balaban J connectivity index is 2.14. The van der Waals surface area contributed by atoms with Gasteiger partial charge in [0.05, 0.1) is 13.2 Å². The van der Waals surface area contributed by atoms with Crippen LogP contribution in [0.1, 0.15) is 24.8 Å². The zero-order valence-corrected chi connectivity index (χ0v) is 11.7. The number of aliphatic carboxylic acids is 1. The Morgan fingerprint density at radius 2 is 2.06 bits per heavy atom. The highest BCUT2D eigenvalue weighted by molar-refractivity contribution is 9.11. The number of benzene rings is 1. The highest BCUT2D eigenvalue weighted by atomic mass is 79.9. The van der Waals surface area contributed by atoms with E-state index in [1.807, 2.05) is 36.4 Å². The molecule has 0 saturated heterocycles. The van der Waals surface area contributed by atoms with Crippen LogP contribution in [0.3, 0.4) is 0 Å². The van der Waals surface area contributed by atoms with Crippen LogP contribution in [0.25, 0.3) is 0 Å². The minimum Gasteiger partial charge on any atom is -0.481 e. The van der Waals surface area contributed by atoms with Crippen LogP contribution in [0.5, 0.6) is 0 Å². The molecule has 4 heteroatoms. The first kappa shape index (κ1) is 14.9. The number of halogens is 1. The van der Waals surface area contributed by atoms with Crippen LogP contribution in [-0.2, 0) is 16.1 Å². The smallest absolute Gasteiger partial charge is 0.303 e. The van der Waals surface area contributed by atoms with Gasteiger partial charge in [-0.25, -0.2) is 0 Å². The number of carbonyl (C=O) groups is 1. The number of carboxylic acid groups (broad SMARTS) is 1. The number of rotatable bonds is 8. The van der Waals surface area contributed by atoms with E-state index in [1.54, 1.807) is 0 Å². The van der Waals surface area contributed by atoms with Crippen molar-refractivity contribution in [2.45, 2.75) is 25.9 Å². The Kier molecular flexibility index (Phi) is 7.37. The second-order valence-corrected chi connectivity index (χ2v) is 4.93. The van der Waals surface area contributed by atoms with E-state index >= 15 is 0 Å². The first-order chi connectivity index (χ1) is 8.68. The average Bonchev–Trinajstić information content (AvgIpc) is 2.36. The standard InChI is InChI=1S/C14H17BrO3/c15-13(8-4-5-9-14(16)17)11-18-10-12-6-2-1-3-7-12/h1-3,6-8H,4-5,9-11H2,(H,16,17)/b13-8-. The summed E-state index contributed by atoms with van der Waals surface area (Å²) in [6.07, 6.45) is 3.58. The molecule has 0 atom stereocenters. The first-order valence-electron chi connectivity index (χ1n) is 5.86. The largest absolute Gasteiger partial charge is 0.481 e. The lowest BCUT2D eigenvalue weighted by Gasteiger charge is -2.03. The maximum Gasteiger partial charge on any atom is 0.303 e. The Bertz CT molecular complexity index is 387. The van der Waals surface area contributed by atoms with Gasteiger partial charge in [0, 0.05) is 10.9 Å². The fourth-order valence-corrected chi connectivity index (χ4v) is 1.80. The molecule has 98 valence electrons. The van der Waals surface area contributed by atoms with Gasteiger partial charge in [0.1, 0.15) is 0 Å². The van der Waals surface area contributed by atoms with Gasteiger partial charge >= 0.3 is 5.97 Å². The minimum atomic E-state index is -0.750. The number of hydrogen-bond donors (Lipinski definition) is 1. The van der Waals surface area contributed by atoms with Crippen molar-refractivity contribution >= 4 is 21.9 Å². The first-order valence-corrected chi connectivity index (χ1v) is 6.66. The highest BCUT2D eigenvalue weighted by Crippen LogP contribution is 2.10. The van der Waals surface area contributed by atoms with E-state index in [1.165, 1.54) is 0 Å². The summed E-state index contributed by atoms with van der Waals surface area (Å²) in [6.45, 7) is 1.10. The van der Waals surface area contributed by atoms with Crippen LogP contribution < -0.4 is 0 Å². The molecular weight excluding hydrogens is 296 g/mol. The highest BCUT2D eigenvalue weighted by Gasteiger charge is 1.97. The molecule has 0 aliphatic carbocycles. The molecule has 0 radical (unpaired) electrons. The summed E-state index contributed by atoms with van der Waals surface area (Å²) in [5.41, 5.74) is 1.14. The lowest BCUT2D eigenvalue weighted by atomic mass is 10.2. The molecule has 0 amide bonds. The van der Waals surface area contributed by atoms with E-state index in [0.29, 0.717) is 19.6 Å². The molecule has 0 heterocycles. The summed E-state index contributed by atoms with van der Waals surface area (Å²) >= 11 is 3.41. The Hall–Kier alpha value is -1.13. The van der Waals surface area contributed by atoms with Gasteiger partial charge in [0.25, 0.3) is 0 Å². The third kappa shape index (κ3) is 7.25. The second-order valence-electron chi connectivity index (χ2n) is 3.92. The summed E-state index contributed by atoms with van der Waals surface area (Å²) < 4.78 is 6.49. The van der Waals surface area contributed by atoms with E-state index in [-0.39, 0.29) is 6.42 Å². The molecule has 1 N–H and O–H groups in total. The van der Waals surface area contributed by atoms with Crippen molar-refractivity contribution in [2.75, 3.05) is 6.61 Å². The summed E-state index contributed by atoms with van der Waals surface area (Å²) in [4.78, 5) is 10.3. The fraction of sp³-hybridized carbons (Fsp3) is 0.357. The molecule has 0 aromatic heterocycles. The Labute approximate surface area is 116 Å². The van der Waals surface area contributed by atoms with Gasteiger partial charge < -0.3 is 9.84 Å². The number of unbranched alkanes of at least 4 members (excludes halogenated alkanes) is 1. The Morgan fingerprint density at radius 1 is 1.33 bits per heavy atom. The topological polar surface area (TPSA) is 46.5 Å². The molecule has 0 spiro atoms. The Morgan fingerprint density at radius 3 is 2.72 bits per heavy atom. The van der Waals surface area contributed by atoms with Crippen LogP contribution >= 0.6 is 15.9 Å². The van der Waals surface area contributed by atoms with Crippen LogP contribution in [0, 0.1) is 0 Å². The molecule has 0 saturated carbocycles. The van der Waals surface area contributed by atoms with E-state index in [4.69, 9.17) is 9.84 Å². The predicted molar refractivity (Wildman–Crippen MR) is 74.6 cm³/mol. The predicted octanol–water partition coefficient (Wildman–Crippen LogP) is 3.74. The normalized spacial score (nSPS) is 11.5. The van der Waals surface area contributed by atoms with Gasteiger partial charge in [-0.3, -0.25) is 4.79 Å². The molecule has 18 heavy (non-hydrogen) atoms. The molecular formula is C14H17BrO3. The van der Waals surface area contributed by atoms with Gasteiger partial charge in [-0.05, 0) is 18.4 Å². The molecule has 1 rings (SSSR count). The van der Waals surface area contributed by atoms with Crippen LogP contribution in [0.4, 0.5) is 0 Å². The number of carboxylic acids is 1. The maximum atomic E-state index is 10.3. The van der Waals surface area contributed by atoms with E-state index in [9.17, 15) is 4.79 Å². The third-order valence-electron chi connectivity index (χ3n) is 2.31. The van der Waals surface area contributed by atoms with Gasteiger partial charge in [0.2, 0.25) is 0 Å². The molecule has 0 aliphatic heterocycles. The minimum absolute atomic E-state index is 0.210. The molecule has 3 nitrogen and oxygen atoms in total. The molecule has 0 fully saturated rings. The zero-order valence-electron chi connectivity index (χ0n) is 10.1.